The summed E-state index contributed by atoms with van der Waals surface area (Å²) >= 11 is 3.35. The first-order valence-electron chi connectivity index (χ1n) is 10.1. The van der Waals surface area contributed by atoms with Crippen LogP contribution in [-0.4, -0.2) is 73.5 Å². The van der Waals surface area contributed by atoms with E-state index in [4.69, 9.17) is 9.90 Å². The van der Waals surface area contributed by atoms with Gasteiger partial charge in [-0.1, -0.05) is 28.1 Å². The number of carboxylic acids is 1. The van der Waals surface area contributed by atoms with E-state index in [1.165, 1.54) is 12.1 Å². The van der Waals surface area contributed by atoms with E-state index < -0.39 is 28.0 Å². The van der Waals surface area contributed by atoms with Gasteiger partial charge >= 0.3 is 12.1 Å². The molecule has 1 aliphatic heterocycles. The van der Waals surface area contributed by atoms with Crippen LogP contribution < -0.4 is 5.32 Å². The molecule has 0 unspecified atom stereocenters. The molecule has 192 valence electrons. The summed E-state index contributed by atoms with van der Waals surface area (Å²) < 4.78 is 73.3. The third-order valence-corrected chi connectivity index (χ3v) is 7.08. The van der Waals surface area contributed by atoms with Crippen LogP contribution in [0.3, 0.4) is 0 Å². The third kappa shape index (κ3) is 8.87. The van der Waals surface area contributed by atoms with Gasteiger partial charge in [-0.3, -0.25) is 4.79 Å². The average molecular weight is 584 g/mol. The molecule has 8 nitrogen and oxygen atoms in total. The van der Waals surface area contributed by atoms with E-state index in [9.17, 15) is 30.8 Å². The van der Waals surface area contributed by atoms with Crippen LogP contribution in [0, 0.1) is 5.82 Å². The lowest BCUT2D eigenvalue weighted by atomic mass is 10.2. The topological polar surface area (TPSA) is 107 Å². The summed E-state index contributed by atoms with van der Waals surface area (Å²) in [6.45, 7) is 2.23. The number of rotatable bonds is 6. The molecular formula is C21H22BrF4N3O5S. The molecule has 1 aliphatic rings. The van der Waals surface area contributed by atoms with Crippen molar-refractivity contribution in [1.82, 2.24) is 14.5 Å². The summed E-state index contributed by atoms with van der Waals surface area (Å²) in [5.74, 6) is -3.52. The smallest absolute Gasteiger partial charge is 0.475 e. The van der Waals surface area contributed by atoms with E-state index in [2.05, 4.69) is 21.2 Å². The van der Waals surface area contributed by atoms with Gasteiger partial charge in [0.25, 0.3) is 0 Å². The van der Waals surface area contributed by atoms with Gasteiger partial charge in [0, 0.05) is 37.2 Å². The molecule has 0 spiro atoms. The number of nitrogens with one attached hydrogen (secondary N) is 1. The van der Waals surface area contributed by atoms with Crippen molar-refractivity contribution in [3.8, 4) is 0 Å². The summed E-state index contributed by atoms with van der Waals surface area (Å²) in [4.78, 5) is 23.2. The van der Waals surface area contributed by atoms with Crippen molar-refractivity contribution in [1.29, 1.82) is 0 Å². The molecule has 2 aromatic rings. The Morgan fingerprint density at radius 3 is 2.03 bits per heavy atom. The van der Waals surface area contributed by atoms with Crippen molar-refractivity contribution in [2.75, 3.05) is 32.7 Å². The molecule has 0 radical (unpaired) electrons. The fourth-order valence-corrected chi connectivity index (χ4v) is 4.58. The Balaban J connectivity index is 0.000000540. The van der Waals surface area contributed by atoms with Crippen LogP contribution >= 0.6 is 15.9 Å². The second-order valence-corrected chi connectivity index (χ2v) is 10.1. The minimum Gasteiger partial charge on any atom is -0.475 e. The van der Waals surface area contributed by atoms with Crippen molar-refractivity contribution in [3.63, 3.8) is 0 Å². The van der Waals surface area contributed by atoms with Gasteiger partial charge < -0.3 is 15.3 Å². The highest BCUT2D eigenvalue weighted by Crippen LogP contribution is 2.20. The molecule has 0 aliphatic carbocycles. The molecule has 2 aromatic carbocycles. The number of hydrogen-bond acceptors (Lipinski definition) is 5. The first-order chi connectivity index (χ1) is 16.3. The van der Waals surface area contributed by atoms with E-state index in [-0.39, 0.29) is 23.9 Å². The zero-order valence-corrected chi connectivity index (χ0v) is 20.5. The van der Waals surface area contributed by atoms with Crippen LogP contribution in [0.25, 0.3) is 0 Å². The van der Waals surface area contributed by atoms with Crippen molar-refractivity contribution < 1.29 is 40.7 Å². The maximum atomic E-state index is 13.2. The molecule has 0 bridgehead atoms. The lowest BCUT2D eigenvalue weighted by Gasteiger charge is -2.30. The maximum Gasteiger partial charge on any atom is 0.490 e. The van der Waals surface area contributed by atoms with Gasteiger partial charge in [-0.15, -0.1) is 0 Å². The van der Waals surface area contributed by atoms with Crippen LogP contribution in [0.1, 0.15) is 5.56 Å². The number of carbonyl (C=O) groups is 2. The van der Waals surface area contributed by atoms with Gasteiger partial charge in [0.2, 0.25) is 15.9 Å². The van der Waals surface area contributed by atoms with Crippen molar-refractivity contribution >= 4 is 37.8 Å². The molecule has 1 heterocycles. The Kier molecular flexibility index (Phi) is 10.2. The number of amides is 1. The highest BCUT2D eigenvalue weighted by atomic mass is 79.9. The van der Waals surface area contributed by atoms with Gasteiger partial charge in [-0.2, -0.15) is 17.5 Å². The minimum atomic E-state index is -5.08. The van der Waals surface area contributed by atoms with Gasteiger partial charge in [-0.05, 0) is 42.0 Å². The first-order valence-corrected chi connectivity index (χ1v) is 12.3. The Morgan fingerprint density at radius 1 is 1.03 bits per heavy atom. The highest BCUT2D eigenvalue weighted by molar-refractivity contribution is 9.10. The predicted octanol–water partition coefficient (Wildman–Crippen LogP) is 2.84. The number of carbonyl (C=O) groups excluding carboxylic acids is 1. The molecule has 35 heavy (non-hydrogen) atoms. The number of hydrogen-bond donors (Lipinski definition) is 2. The zero-order valence-electron chi connectivity index (χ0n) is 18.1. The molecule has 0 saturated carbocycles. The highest BCUT2D eigenvalue weighted by Gasteiger charge is 2.38. The molecule has 14 heteroatoms. The van der Waals surface area contributed by atoms with E-state index in [0.29, 0.717) is 26.2 Å². The number of nitrogens with zero attached hydrogens (tertiary/aromatic N) is 2. The second kappa shape index (κ2) is 12.4. The quantitative estimate of drug-likeness (QED) is 0.506. The van der Waals surface area contributed by atoms with Crippen LogP contribution in [0.4, 0.5) is 17.6 Å². The number of benzene rings is 2. The van der Waals surface area contributed by atoms with Crippen LogP contribution in [0.5, 0.6) is 0 Å². The van der Waals surface area contributed by atoms with Crippen LogP contribution in [0.2, 0.25) is 0 Å². The summed E-state index contributed by atoms with van der Waals surface area (Å²) in [7, 11) is -3.97. The number of sulfonamides is 1. The number of alkyl halides is 3. The van der Waals surface area contributed by atoms with Gasteiger partial charge in [0.1, 0.15) is 5.82 Å². The van der Waals surface area contributed by atoms with E-state index in [0.717, 1.165) is 26.5 Å². The lowest BCUT2D eigenvalue weighted by Crippen LogP contribution is -2.50. The number of halogens is 5. The second-order valence-electron chi connectivity index (χ2n) is 7.29. The van der Waals surface area contributed by atoms with E-state index >= 15 is 0 Å². The molecule has 1 fully saturated rings. The first kappa shape index (κ1) is 28.7. The SMILES string of the molecule is O=C(CN(Cc1ccc(Br)cc1)S(=O)(=O)c1ccc(F)cc1)N1CCNCC1.O=C(O)C(F)(F)F. The van der Waals surface area contributed by atoms with E-state index in [1.807, 2.05) is 12.1 Å². The summed E-state index contributed by atoms with van der Waals surface area (Å²) in [6, 6.07) is 11.9. The van der Waals surface area contributed by atoms with Crippen molar-refractivity contribution in [3.05, 3.63) is 64.4 Å². The summed E-state index contributed by atoms with van der Waals surface area (Å²) in [5, 5.41) is 10.3. The largest absolute Gasteiger partial charge is 0.490 e. The standard InChI is InChI=1S/C19H21BrFN3O3S.C2HF3O2/c20-16-3-1-15(2-4-16)13-24(14-19(25)23-11-9-22-10-12-23)28(26,27)18-7-5-17(21)6-8-18;3-2(4,5)1(6)7/h1-8,22H,9-14H2;(H,6,7). The fourth-order valence-electron chi connectivity index (χ4n) is 2.94. The van der Waals surface area contributed by atoms with Crippen molar-refractivity contribution in [2.45, 2.75) is 17.6 Å². The van der Waals surface area contributed by atoms with E-state index in [1.54, 1.807) is 17.0 Å². The van der Waals surface area contributed by atoms with Crippen molar-refractivity contribution in [2.24, 2.45) is 0 Å². The zero-order chi connectivity index (χ0) is 26.2. The Morgan fingerprint density at radius 2 is 1.54 bits per heavy atom. The molecule has 0 atom stereocenters. The fraction of sp³-hybridized carbons (Fsp3) is 0.333. The predicted molar refractivity (Wildman–Crippen MR) is 121 cm³/mol. The number of piperazine rings is 1. The third-order valence-electron chi connectivity index (χ3n) is 4.75. The summed E-state index contributed by atoms with van der Waals surface area (Å²) in [6.07, 6.45) is -5.08. The number of aliphatic carboxylic acids is 1. The molecule has 1 saturated heterocycles. The Hall–Kier alpha value is -2.55. The van der Waals surface area contributed by atoms with Gasteiger partial charge in [0.15, 0.2) is 0 Å². The lowest BCUT2D eigenvalue weighted by molar-refractivity contribution is -0.192. The van der Waals surface area contributed by atoms with Gasteiger partial charge in [0.05, 0.1) is 11.4 Å². The van der Waals surface area contributed by atoms with Crippen LogP contribution in [-0.2, 0) is 26.2 Å². The number of carboxylic acid groups (broad SMARTS) is 1. The molecule has 1 amide bonds. The molecule has 3 rings (SSSR count). The maximum absolute atomic E-state index is 13.2. The Labute approximate surface area is 207 Å². The Bertz CT molecular complexity index is 1110. The molecule has 2 N–H and O–H groups in total. The average Bonchev–Trinajstić information content (AvgIpc) is 2.80. The normalized spacial score (nSPS) is 14.3. The van der Waals surface area contributed by atoms with Crippen LogP contribution in [0.15, 0.2) is 57.9 Å². The molecular weight excluding hydrogens is 562 g/mol. The molecule has 0 aromatic heterocycles. The summed E-state index contributed by atoms with van der Waals surface area (Å²) in [5.41, 5.74) is 0.752. The monoisotopic (exact) mass is 583 g/mol. The minimum absolute atomic E-state index is 0.0425. The van der Waals surface area contributed by atoms with Gasteiger partial charge in [-0.25, -0.2) is 17.6 Å².